The summed E-state index contributed by atoms with van der Waals surface area (Å²) < 4.78 is 34.3. The molecule has 0 spiro atoms. The van der Waals surface area contributed by atoms with Gasteiger partial charge in [-0.3, -0.25) is 5.43 Å². The van der Waals surface area contributed by atoms with Gasteiger partial charge in [0.2, 0.25) is 12.7 Å². The van der Waals surface area contributed by atoms with Gasteiger partial charge in [-0.15, -0.1) is 0 Å². The van der Waals surface area contributed by atoms with Crippen LogP contribution in [-0.4, -0.2) is 37.1 Å². The predicted octanol–water partition coefficient (Wildman–Crippen LogP) is 4.80. The molecule has 11 heteroatoms. The van der Waals surface area contributed by atoms with E-state index in [0.717, 1.165) is 28.3 Å². The van der Waals surface area contributed by atoms with Crippen molar-refractivity contribution in [3.05, 3.63) is 90.0 Å². The molecular weight excluding hydrogens is 504 g/mol. The second-order valence-electron chi connectivity index (χ2n) is 8.60. The molecule has 0 atom stereocenters. The summed E-state index contributed by atoms with van der Waals surface area (Å²) in [6.07, 6.45) is 1.18. The van der Waals surface area contributed by atoms with Crippen LogP contribution in [0.2, 0.25) is 0 Å². The average Bonchev–Trinajstić information content (AvgIpc) is 3.39. The minimum Gasteiger partial charge on any atom is -0.454 e. The Morgan fingerprint density at radius 2 is 1.66 bits per heavy atom. The SMILES string of the molecule is CC(=NNc1cc(NCc2ccc3c(c2)OCO3)nc(Nc2ccccc2)n1)c1ccc(S(C)(=O)=O)cc1. The highest BCUT2D eigenvalue weighted by atomic mass is 32.2. The topological polar surface area (TPSA) is 127 Å². The van der Waals surface area contributed by atoms with E-state index in [9.17, 15) is 8.42 Å². The predicted molar refractivity (Wildman–Crippen MR) is 147 cm³/mol. The first-order valence-corrected chi connectivity index (χ1v) is 13.7. The number of fused-ring (bicyclic) bond motifs is 1. The van der Waals surface area contributed by atoms with Gasteiger partial charge in [0, 0.05) is 24.6 Å². The standard InChI is InChI=1S/C27H26N6O4S/c1-18(20-9-11-22(12-10-20)38(2,34)35)32-33-26-15-25(30-27(31-26)29-21-6-4-3-5-7-21)28-16-19-8-13-23-24(14-19)37-17-36-23/h3-15H,16-17H2,1-2H3,(H3,28,29,30,31,33). The Bertz CT molecular complexity index is 1580. The van der Waals surface area contributed by atoms with Gasteiger partial charge in [0.15, 0.2) is 27.2 Å². The third-order valence-corrected chi connectivity index (χ3v) is 6.83. The van der Waals surface area contributed by atoms with Crippen molar-refractivity contribution in [2.24, 2.45) is 5.10 Å². The minimum atomic E-state index is -3.26. The van der Waals surface area contributed by atoms with E-state index in [1.54, 1.807) is 30.3 Å². The minimum absolute atomic E-state index is 0.226. The molecule has 0 unspecified atom stereocenters. The molecule has 1 aliphatic rings. The van der Waals surface area contributed by atoms with E-state index >= 15 is 0 Å². The molecule has 10 nitrogen and oxygen atoms in total. The lowest BCUT2D eigenvalue weighted by atomic mass is 10.1. The van der Waals surface area contributed by atoms with E-state index in [4.69, 9.17) is 9.47 Å². The monoisotopic (exact) mass is 530 g/mol. The largest absolute Gasteiger partial charge is 0.454 e. The molecule has 194 valence electrons. The van der Waals surface area contributed by atoms with Gasteiger partial charge >= 0.3 is 0 Å². The van der Waals surface area contributed by atoms with E-state index in [1.165, 1.54) is 6.26 Å². The lowest BCUT2D eigenvalue weighted by Gasteiger charge is -2.12. The number of benzene rings is 3. The van der Waals surface area contributed by atoms with Crippen LogP contribution < -0.4 is 25.5 Å². The molecule has 1 aliphatic heterocycles. The van der Waals surface area contributed by atoms with E-state index in [0.29, 0.717) is 29.8 Å². The number of hydrogen-bond donors (Lipinski definition) is 3. The quantitative estimate of drug-likeness (QED) is 0.207. The lowest BCUT2D eigenvalue weighted by Crippen LogP contribution is -2.07. The van der Waals surface area contributed by atoms with Crippen LogP contribution in [0.25, 0.3) is 0 Å². The van der Waals surface area contributed by atoms with Gasteiger partial charge in [0.05, 0.1) is 10.6 Å². The third kappa shape index (κ3) is 6.19. The first-order chi connectivity index (χ1) is 18.3. The van der Waals surface area contributed by atoms with Crippen LogP contribution in [-0.2, 0) is 16.4 Å². The van der Waals surface area contributed by atoms with Crippen LogP contribution in [0, 0.1) is 0 Å². The molecule has 5 rings (SSSR count). The van der Waals surface area contributed by atoms with Crippen molar-refractivity contribution < 1.29 is 17.9 Å². The van der Waals surface area contributed by atoms with Crippen molar-refractivity contribution in [3.8, 4) is 11.5 Å². The zero-order chi connectivity index (χ0) is 26.5. The second kappa shape index (κ2) is 10.8. The van der Waals surface area contributed by atoms with Gasteiger partial charge in [0.1, 0.15) is 5.82 Å². The fourth-order valence-corrected chi connectivity index (χ4v) is 4.32. The smallest absolute Gasteiger partial charge is 0.231 e. The highest BCUT2D eigenvalue weighted by molar-refractivity contribution is 7.90. The number of nitrogens with one attached hydrogen (secondary N) is 3. The Morgan fingerprint density at radius 1 is 0.921 bits per heavy atom. The van der Waals surface area contributed by atoms with Gasteiger partial charge < -0.3 is 20.1 Å². The Kier molecular flexibility index (Phi) is 7.09. The molecule has 3 aromatic carbocycles. The van der Waals surface area contributed by atoms with Crippen molar-refractivity contribution in [3.63, 3.8) is 0 Å². The zero-order valence-electron chi connectivity index (χ0n) is 20.8. The van der Waals surface area contributed by atoms with Gasteiger partial charge in [-0.25, -0.2) is 8.42 Å². The summed E-state index contributed by atoms with van der Waals surface area (Å²) in [7, 11) is -3.26. The first-order valence-electron chi connectivity index (χ1n) is 11.8. The van der Waals surface area contributed by atoms with Crippen molar-refractivity contribution in [2.45, 2.75) is 18.4 Å². The fraction of sp³-hybridized carbons (Fsp3) is 0.148. The number of aromatic nitrogens is 2. The molecule has 3 N–H and O–H groups in total. The lowest BCUT2D eigenvalue weighted by molar-refractivity contribution is 0.174. The molecule has 0 saturated carbocycles. The Hall–Kier alpha value is -4.64. The van der Waals surface area contributed by atoms with E-state index < -0.39 is 9.84 Å². The zero-order valence-corrected chi connectivity index (χ0v) is 21.6. The van der Waals surface area contributed by atoms with Crippen molar-refractivity contribution in [2.75, 3.05) is 29.1 Å². The third-order valence-electron chi connectivity index (χ3n) is 5.71. The van der Waals surface area contributed by atoms with Gasteiger partial charge in [-0.05, 0) is 54.4 Å². The number of ether oxygens (including phenoxy) is 2. The van der Waals surface area contributed by atoms with E-state index in [2.05, 4.69) is 31.1 Å². The molecule has 38 heavy (non-hydrogen) atoms. The van der Waals surface area contributed by atoms with Crippen molar-refractivity contribution >= 4 is 38.8 Å². The van der Waals surface area contributed by atoms with Gasteiger partial charge in [-0.2, -0.15) is 15.1 Å². The maximum Gasteiger partial charge on any atom is 0.231 e. The molecule has 0 aliphatic carbocycles. The number of para-hydroxylation sites is 1. The number of sulfone groups is 1. The number of anilines is 4. The molecule has 4 aromatic rings. The van der Waals surface area contributed by atoms with Crippen LogP contribution in [0.15, 0.2) is 88.9 Å². The molecular formula is C27H26N6O4S. The van der Waals surface area contributed by atoms with Crippen LogP contribution in [0.1, 0.15) is 18.1 Å². The van der Waals surface area contributed by atoms with Crippen LogP contribution in [0.3, 0.4) is 0 Å². The number of hydrogen-bond acceptors (Lipinski definition) is 10. The molecule has 0 saturated heterocycles. The van der Waals surface area contributed by atoms with Crippen molar-refractivity contribution in [1.82, 2.24) is 9.97 Å². The second-order valence-corrected chi connectivity index (χ2v) is 10.6. The fourth-order valence-electron chi connectivity index (χ4n) is 3.69. The highest BCUT2D eigenvalue weighted by Gasteiger charge is 2.13. The number of rotatable bonds is 9. The van der Waals surface area contributed by atoms with Gasteiger partial charge in [-0.1, -0.05) is 36.4 Å². The first kappa shape index (κ1) is 25.0. The highest BCUT2D eigenvalue weighted by Crippen LogP contribution is 2.32. The summed E-state index contributed by atoms with van der Waals surface area (Å²) in [6, 6.07) is 23.7. The summed E-state index contributed by atoms with van der Waals surface area (Å²) in [6.45, 7) is 2.56. The summed E-state index contributed by atoms with van der Waals surface area (Å²) in [5, 5.41) is 11.0. The Morgan fingerprint density at radius 3 is 2.42 bits per heavy atom. The van der Waals surface area contributed by atoms with E-state index in [1.807, 2.05) is 55.5 Å². The van der Waals surface area contributed by atoms with Crippen LogP contribution >= 0.6 is 0 Å². The maximum atomic E-state index is 11.7. The Balaban J connectivity index is 1.35. The number of nitrogens with zero attached hydrogens (tertiary/aromatic N) is 3. The molecule has 2 heterocycles. The van der Waals surface area contributed by atoms with E-state index in [-0.39, 0.29) is 11.7 Å². The Labute approximate surface area is 220 Å². The summed E-state index contributed by atoms with van der Waals surface area (Å²) in [4.78, 5) is 9.40. The molecule has 0 amide bonds. The molecule has 0 radical (unpaired) electrons. The average molecular weight is 531 g/mol. The summed E-state index contributed by atoms with van der Waals surface area (Å²) >= 11 is 0. The van der Waals surface area contributed by atoms with Gasteiger partial charge in [0.25, 0.3) is 0 Å². The molecule has 1 aromatic heterocycles. The summed E-state index contributed by atoms with van der Waals surface area (Å²) in [5.41, 5.74) is 6.28. The van der Waals surface area contributed by atoms with Crippen LogP contribution in [0.5, 0.6) is 11.5 Å². The summed E-state index contributed by atoms with van der Waals surface area (Å²) in [5.74, 6) is 2.90. The normalized spacial score (nSPS) is 12.7. The molecule has 0 fully saturated rings. The van der Waals surface area contributed by atoms with Crippen LogP contribution in [0.4, 0.5) is 23.3 Å². The number of hydrazone groups is 1. The molecule has 0 bridgehead atoms. The van der Waals surface area contributed by atoms with Crippen molar-refractivity contribution in [1.29, 1.82) is 0 Å². The maximum absolute atomic E-state index is 11.7.